The van der Waals surface area contributed by atoms with Gasteiger partial charge in [0, 0.05) is 11.3 Å². The Hall–Kier alpha value is -4.33. The van der Waals surface area contributed by atoms with E-state index in [4.69, 9.17) is 15.2 Å². The lowest BCUT2D eigenvalue weighted by Gasteiger charge is -2.23. The first-order chi connectivity index (χ1) is 16.6. The van der Waals surface area contributed by atoms with Gasteiger partial charge in [-0.1, -0.05) is 48.5 Å². The second kappa shape index (κ2) is 11.2. The van der Waals surface area contributed by atoms with Gasteiger partial charge in [-0.3, -0.25) is 9.59 Å². The highest BCUT2D eigenvalue weighted by Crippen LogP contribution is 2.22. The van der Waals surface area contributed by atoms with E-state index >= 15 is 0 Å². The summed E-state index contributed by atoms with van der Waals surface area (Å²) in [6, 6.07) is 21.7. The van der Waals surface area contributed by atoms with Crippen LogP contribution in [0.5, 0.6) is 5.75 Å². The highest BCUT2D eigenvalue weighted by Gasteiger charge is 2.26. The zero-order chi connectivity index (χ0) is 25.4. The van der Waals surface area contributed by atoms with Gasteiger partial charge in [0.15, 0.2) is 0 Å². The molecule has 8 nitrogen and oxygen atoms in total. The first-order valence-corrected chi connectivity index (χ1v) is 11.1. The zero-order valence-electron chi connectivity index (χ0n) is 19.9. The quantitative estimate of drug-likeness (QED) is 0.441. The number of rotatable bonds is 8. The Morgan fingerprint density at radius 3 is 2.23 bits per heavy atom. The van der Waals surface area contributed by atoms with Gasteiger partial charge in [0.2, 0.25) is 5.91 Å². The molecule has 3 aromatic rings. The van der Waals surface area contributed by atoms with Crippen LogP contribution >= 0.6 is 0 Å². The number of nitrogens with two attached hydrogens (primary N) is 1. The summed E-state index contributed by atoms with van der Waals surface area (Å²) in [5.74, 6) is -0.519. The summed E-state index contributed by atoms with van der Waals surface area (Å²) in [6.07, 6.45) is -0.743. The molecule has 0 heterocycles. The number of alkyl carbamates (subject to hydrolysis) is 1. The Bertz CT molecular complexity index is 1170. The highest BCUT2D eigenvalue weighted by atomic mass is 16.6. The van der Waals surface area contributed by atoms with Crippen LogP contribution in [0, 0.1) is 0 Å². The van der Waals surface area contributed by atoms with Crippen molar-refractivity contribution in [3.63, 3.8) is 0 Å². The van der Waals surface area contributed by atoms with E-state index in [1.54, 1.807) is 63.2 Å². The summed E-state index contributed by atoms with van der Waals surface area (Å²) in [4.78, 5) is 37.1. The van der Waals surface area contributed by atoms with Crippen LogP contribution in [0.3, 0.4) is 0 Å². The fraction of sp³-hybridized carbons (Fsp3) is 0.222. The maximum Gasteiger partial charge on any atom is 0.408 e. The Labute approximate surface area is 204 Å². The van der Waals surface area contributed by atoms with E-state index in [1.165, 1.54) is 6.07 Å². The number of nitrogens with one attached hydrogen (secondary N) is 2. The second-order valence-corrected chi connectivity index (χ2v) is 8.86. The van der Waals surface area contributed by atoms with Crippen LogP contribution < -0.4 is 21.1 Å². The van der Waals surface area contributed by atoms with Gasteiger partial charge in [-0.15, -0.1) is 0 Å². The number of benzene rings is 3. The monoisotopic (exact) mass is 475 g/mol. The summed E-state index contributed by atoms with van der Waals surface area (Å²) in [6.45, 7) is 5.60. The minimum Gasteiger partial charge on any atom is -0.489 e. The average molecular weight is 476 g/mol. The molecule has 1 atom stereocenters. The number of carbonyl (C=O) groups is 3. The van der Waals surface area contributed by atoms with Gasteiger partial charge < -0.3 is 25.8 Å². The smallest absolute Gasteiger partial charge is 0.408 e. The summed E-state index contributed by atoms with van der Waals surface area (Å²) in [5.41, 5.74) is 6.75. The van der Waals surface area contributed by atoms with Crippen LogP contribution in [-0.2, 0) is 16.1 Å². The van der Waals surface area contributed by atoms with Crippen LogP contribution in [-0.4, -0.2) is 23.5 Å². The summed E-state index contributed by atoms with van der Waals surface area (Å²) < 4.78 is 11.1. The molecule has 3 amide bonds. The predicted molar refractivity (Wildman–Crippen MR) is 133 cm³/mol. The molecule has 4 N–H and O–H groups in total. The fourth-order valence-corrected chi connectivity index (χ4v) is 3.19. The Morgan fingerprint density at radius 2 is 1.60 bits per heavy atom. The molecule has 0 radical (unpaired) electrons. The Morgan fingerprint density at radius 1 is 0.914 bits per heavy atom. The van der Waals surface area contributed by atoms with Gasteiger partial charge in [0.05, 0.1) is 0 Å². The average Bonchev–Trinajstić information content (AvgIpc) is 2.81. The molecule has 0 aliphatic rings. The van der Waals surface area contributed by atoms with Gasteiger partial charge in [-0.2, -0.15) is 0 Å². The first-order valence-electron chi connectivity index (χ1n) is 11.1. The van der Waals surface area contributed by atoms with Crippen molar-refractivity contribution in [1.82, 2.24) is 5.32 Å². The van der Waals surface area contributed by atoms with Gasteiger partial charge >= 0.3 is 6.09 Å². The maximum absolute atomic E-state index is 13.2. The van der Waals surface area contributed by atoms with Gasteiger partial charge in [-0.25, -0.2) is 4.79 Å². The molecule has 3 rings (SSSR count). The third-order valence-electron chi connectivity index (χ3n) is 4.80. The Balaban J connectivity index is 1.78. The predicted octanol–water partition coefficient (Wildman–Crippen LogP) is 4.57. The van der Waals surface area contributed by atoms with Crippen LogP contribution in [0.4, 0.5) is 10.5 Å². The van der Waals surface area contributed by atoms with Crippen LogP contribution in [0.2, 0.25) is 0 Å². The molecule has 35 heavy (non-hydrogen) atoms. The number of hydrogen-bond acceptors (Lipinski definition) is 5. The lowest BCUT2D eigenvalue weighted by atomic mass is 10.1. The van der Waals surface area contributed by atoms with E-state index in [9.17, 15) is 14.4 Å². The SMILES string of the molecule is CC(C)(C)OC(=O)N[C@H](C(=O)Nc1cccc(C(N)=O)c1)c1ccc(OCc2ccccc2)cc1. The molecule has 0 fully saturated rings. The fourth-order valence-electron chi connectivity index (χ4n) is 3.19. The van der Waals surface area contributed by atoms with E-state index < -0.39 is 29.6 Å². The van der Waals surface area contributed by atoms with Crippen LogP contribution in [0.1, 0.15) is 48.3 Å². The minimum absolute atomic E-state index is 0.249. The topological polar surface area (TPSA) is 120 Å². The highest BCUT2D eigenvalue weighted by molar-refractivity contribution is 5.99. The van der Waals surface area contributed by atoms with Gasteiger partial charge in [-0.05, 0) is 62.2 Å². The van der Waals surface area contributed by atoms with E-state index in [2.05, 4.69) is 10.6 Å². The molecule has 0 aliphatic carbocycles. The largest absolute Gasteiger partial charge is 0.489 e. The van der Waals surface area contributed by atoms with Crippen molar-refractivity contribution in [1.29, 1.82) is 0 Å². The lowest BCUT2D eigenvalue weighted by Crippen LogP contribution is -2.40. The molecular formula is C27H29N3O5. The zero-order valence-corrected chi connectivity index (χ0v) is 19.9. The molecule has 0 bridgehead atoms. The first kappa shape index (κ1) is 25.3. The summed E-state index contributed by atoms with van der Waals surface area (Å²) >= 11 is 0. The summed E-state index contributed by atoms with van der Waals surface area (Å²) in [5, 5.41) is 5.34. The standard InChI is InChI=1S/C27H29N3O5/c1-27(2,3)35-26(33)30-23(25(32)29-21-11-7-10-20(16-21)24(28)31)19-12-14-22(15-13-19)34-17-18-8-5-4-6-9-18/h4-16,23H,17H2,1-3H3,(H2,28,31)(H,29,32)(H,30,33)/t23-/m0/s1. The van der Waals surface area contributed by atoms with Crippen LogP contribution in [0.15, 0.2) is 78.9 Å². The molecule has 8 heteroatoms. The molecule has 0 saturated carbocycles. The molecule has 0 unspecified atom stereocenters. The number of primary amides is 1. The Kier molecular flexibility index (Phi) is 8.09. The molecule has 0 aromatic heterocycles. The van der Waals surface area contributed by atoms with Crippen molar-refractivity contribution < 1.29 is 23.9 Å². The van der Waals surface area contributed by atoms with Gasteiger partial charge in [0.25, 0.3) is 5.91 Å². The normalized spacial score (nSPS) is 11.7. The van der Waals surface area contributed by atoms with Crippen LogP contribution in [0.25, 0.3) is 0 Å². The van der Waals surface area contributed by atoms with E-state index in [0.29, 0.717) is 23.6 Å². The lowest BCUT2D eigenvalue weighted by molar-refractivity contribution is -0.118. The van der Waals surface area contributed by atoms with Crippen molar-refractivity contribution >= 4 is 23.6 Å². The molecule has 0 saturated heterocycles. The van der Waals surface area contributed by atoms with Crippen molar-refractivity contribution in [2.75, 3.05) is 5.32 Å². The number of carbonyl (C=O) groups excluding carboxylic acids is 3. The van der Waals surface area contributed by atoms with Crippen molar-refractivity contribution in [2.45, 2.75) is 39.0 Å². The molecule has 182 valence electrons. The van der Waals surface area contributed by atoms with E-state index in [-0.39, 0.29) is 5.56 Å². The maximum atomic E-state index is 13.2. The molecule has 3 aromatic carbocycles. The van der Waals surface area contributed by atoms with Gasteiger partial charge in [0.1, 0.15) is 24.0 Å². The number of ether oxygens (including phenoxy) is 2. The van der Waals surface area contributed by atoms with Crippen molar-refractivity contribution in [3.05, 3.63) is 95.6 Å². The van der Waals surface area contributed by atoms with Crippen molar-refractivity contribution in [2.24, 2.45) is 5.73 Å². The second-order valence-electron chi connectivity index (χ2n) is 8.86. The van der Waals surface area contributed by atoms with Crippen molar-refractivity contribution in [3.8, 4) is 5.75 Å². The third kappa shape index (κ3) is 7.89. The molecule has 0 spiro atoms. The minimum atomic E-state index is -1.06. The van der Waals surface area contributed by atoms with E-state index in [1.807, 2.05) is 30.3 Å². The number of hydrogen-bond donors (Lipinski definition) is 3. The third-order valence-corrected chi connectivity index (χ3v) is 4.80. The number of anilines is 1. The van der Waals surface area contributed by atoms with E-state index in [0.717, 1.165) is 5.56 Å². The molecule has 0 aliphatic heterocycles. The molecular weight excluding hydrogens is 446 g/mol. The number of amides is 3. The summed E-state index contributed by atoms with van der Waals surface area (Å²) in [7, 11) is 0.